The fraction of sp³-hybridized carbons (Fsp3) is 0.412. The fourth-order valence-electron chi connectivity index (χ4n) is 3.20. The lowest BCUT2D eigenvalue weighted by atomic mass is 10.0. The zero-order chi connectivity index (χ0) is 16.4. The van der Waals surface area contributed by atoms with Crippen LogP contribution >= 0.6 is 0 Å². The molecular weight excluding hydrogens is 312 g/mol. The summed E-state index contributed by atoms with van der Waals surface area (Å²) in [6, 6.07) is 12.8. The maximum atomic E-state index is 13.0. The number of methoxy groups -OCH3 is 1. The molecule has 3 rings (SSSR count). The molecule has 1 aliphatic heterocycles. The highest BCUT2D eigenvalue weighted by Crippen LogP contribution is 2.28. The Balaban J connectivity index is 1.95. The number of piperidine rings is 1. The Bertz CT molecular complexity index is 791. The van der Waals surface area contributed by atoms with E-state index < -0.39 is 10.0 Å². The van der Waals surface area contributed by atoms with Gasteiger partial charge in [0.2, 0.25) is 10.0 Å². The molecule has 2 unspecified atom stereocenters. The average Bonchev–Trinajstić information content (AvgIpc) is 2.60. The molecule has 6 heteroatoms. The molecule has 0 aromatic heterocycles. The highest BCUT2D eigenvalue weighted by atomic mass is 32.2. The minimum absolute atomic E-state index is 0.0756. The molecule has 1 heterocycles. The van der Waals surface area contributed by atoms with Crippen molar-refractivity contribution in [1.29, 1.82) is 0 Å². The molecule has 1 saturated heterocycles. The summed E-state index contributed by atoms with van der Waals surface area (Å²) in [4.78, 5) is 0.325. The average molecular weight is 334 g/mol. The predicted octanol–water partition coefficient (Wildman–Crippen LogP) is 1.97. The topological polar surface area (TPSA) is 72.6 Å². The number of nitrogens with zero attached hydrogens (tertiary/aromatic N) is 1. The van der Waals surface area contributed by atoms with Crippen molar-refractivity contribution < 1.29 is 13.2 Å². The summed E-state index contributed by atoms with van der Waals surface area (Å²) in [7, 11) is -1.89. The van der Waals surface area contributed by atoms with Gasteiger partial charge in [0, 0.05) is 26.2 Å². The predicted molar refractivity (Wildman–Crippen MR) is 90.7 cm³/mol. The van der Waals surface area contributed by atoms with Crippen LogP contribution in [0, 0.1) is 0 Å². The van der Waals surface area contributed by atoms with E-state index >= 15 is 0 Å². The van der Waals surface area contributed by atoms with E-state index in [1.54, 1.807) is 19.2 Å². The van der Waals surface area contributed by atoms with E-state index in [-0.39, 0.29) is 12.1 Å². The highest BCUT2D eigenvalue weighted by Gasteiger charge is 2.36. The zero-order valence-electron chi connectivity index (χ0n) is 13.2. The molecule has 2 aromatic rings. The first-order valence-electron chi connectivity index (χ1n) is 7.80. The lowest BCUT2D eigenvalue weighted by molar-refractivity contribution is 0.0401. The minimum atomic E-state index is -3.55. The molecule has 0 amide bonds. The molecule has 5 nitrogen and oxygen atoms in total. The van der Waals surface area contributed by atoms with Crippen molar-refractivity contribution in [3.8, 4) is 0 Å². The zero-order valence-corrected chi connectivity index (χ0v) is 14.0. The third kappa shape index (κ3) is 3.12. The number of benzene rings is 2. The number of hydrogen-bond donors (Lipinski definition) is 1. The first-order chi connectivity index (χ1) is 11.1. The van der Waals surface area contributed by atoms with E-state index in [1.165, 1.54) is 4.31 Å². The second-order valence-corrected chi connectivity index (χ2v) is 7.79. The normalized spacial score (nSPS) is 23.2. The van der Waals surface area contributed by atoms with Crippen molar-refractivity contribution in [1.82, 2.24) is 4.31 Å². The van der Waals surface area contributed by atoms with E-state index in [0.717, 1.165) is 10.8 Å². The van der Waals surface area contributed by atoms with Crippen LogP contribution in [-0.4, -0.2) is 45.1 Å². The van der Waals surface area contributed by atoms with Crippen LogP contribution in [-0.2, 0) is 14.8 Å². The second kappa shape index (κ2) is 6.57. The molecule has 0 saturated carbocycles. The van der Waals surface area contributed by atoms with Gasteiger partial charge in [-0.1, -0.05) is 30.3 Å². The molecule has 0 bridgehead atoms. The van der Waals surface area contributed by atoms with Gasteiger partial charge in [-0.25, -0.2) is 8.42 Å². The van der Waals surface area contributed by atoms with Crippen molar-refractivity contribution in [2.24, 2.45) is 5.73 Å². The lowest BCUT2D eigenvalue weighted by Crippen LogP contribution is -2.51. The van der Waals surface area contributed by atoms with Gasteiger partial charge in [0.05, 0.1) is 11.0 Å². The number of sulfonamides is 1. The smallest absolute Gasteiger partial charge is 0.243 e. The van der Waals surface area contributed by atoms with Gasteiger partial charge in [-0.05, 0) is 35.7 Å². The van der Waals surface area contributed by atoms with Gasteiger partial charge in [-0.15, -0.1) is 0 Å². The minimum Gasteiger partial charge on any atom is -0.381 e. The summed E-state index contributed by atoms with van der Waals surface area (Å²) in [6.45, 7) is 0.738. The number of hydrogen-bond acceptors (Lipinski definition) is 4. The summed E-state index contributed by atoms with van der Waals surface area (Å²) < 4.78 is 33.0. The Hall–Kier alpha value is -1.47. The third-order valence-corrected chi connectivity index (χ3v) is 6.49. The lowest BCUT2D eigenvalue weighted by Gasteiger charge is -2.37. The SMILES string of the molecule is COC1CCN(S(=O)(=O)c2ccc3ccccc3c2)C(CN)C1. The van der Waals surface area contributed by atoms with E-state index in [1.807, 2.05) is 30.3 Å². The molecule has 2 N–H and O–H groups in total. The Morgan fingerprint density at radius 2 is 1.96 bits per heavy atom. The van der Waals surface area contributed by atoms with Gasteiger partial charge in [-0.3, -0.25) is 0 Å². The van der Waals surface area contributed by atoms with Gasteiger partial charge >= 0.3 is 0 Å². The number of fused-ring (bicyclic) bond motifs is 1. The van der Waals surface area contributed by atoms with Crippen LogP contribution in [0.15, 0.2) is 47.4 Å². The second-order valence-electron chi connectivity index (χ2n) is 5.90. The first-order valence-corrected chi connectivity index (χ1v) is 9.24. The summed E-state index contributed by atoms with van der Waals surface area (Å²) in [6.07, 6.45) is 1.41. The van der Waals surface area contributed by atoms with Gasteiger partial charge < -0.3 is 10.5 Å². The van der Waals surface area contributed by atoms with Gasteiger partial charge in [0.15, 0.2) is 0 Å². The van der Waals surface area contributed by atoms with Crippen LogP contribution in [0.4, 0.5) is 0 Å². The van der Waals surface area contributed by atoms with E-state index in [2.05, 4.69) is 0 Å². The summed E-state index contributed by atoms with van der Waals surface area (Å²) >= 11 is 0. The molecule has 0 radical (unpaired) electrons. The molecule has 1 aliphatic rings. The molecule has 1 fully saturated rings. The standard InChI is InChI=1S/C17H22N2O3S/c1-22-16-8-9-19(15(11-16)12-18)23(20,21)17-7-6-13-4-2-3-5-14(13)10-17/h2-7,10,15-16H,8-9,11-12,18H2,1H3. The molecule has 124 valence electrons. The van der Waals surface area contributed by atoms with Crippen LogP contribution in [0.3, 0.4) is 0 Å². The molecular formula is C17H22N2O3S. The number of rotatable bonds is 4. The molecule has 0 spiro atoms. The van der Waals surface area contributed by atoms with Gasteiger partial charge in [-0.2, -0.15) is 4.31 Å². The van der Waals surface area contributed by atoms with Crippen molar-refractivity contribution in [3.05, 3.63) is 42.5 Å². The maximum absolute atomic E-state index is 13.0. The van der Waals surface area contributed by atoms with E-state index in [0.29, 0.717) is 30.8 Å². The summed E-state index contributed by atoms with van der Waals surface area (Å²) in [5.41, 5.74) is 5.81. The van der Waals surface area contributed by atoms with E-state index in [4.69, 9.17) is 10.5 Å². The maximum Gasteiger partial charge on any atom is 0.243 e. The third-order valence-electron chi connectivity index (χ3n) is 4.55. The van der Waals surface area contributed by atoms with Crippen molar-refractivity contribution in [2.75, 3.05) is 20.2 Å². The van der Waals surface area contributed by atoms with Crippen molar-refractivity contribution >= 4 is 20.8 Å². The number of ether oxygens (including phenoxy) is 1. The molecule has 2 atom stereocenters. The fourth-order valence-corrected chi connectivity index (χ4v) is 4.90. The van der Waals surface area contributed by atoms with Crippen LogP contribution < -0.4 is 5.73 Å². The summed E-state index contributed by atoms with van der Waals surface area (Å²) in [5.74, 6) is 0. The van der Waals surface area contributed by atoms with Crippen LogP contribution in [0.2, 0.25) is 0 Å². The molecule has 2 aromatic carbocycles. The van der Waals surface area contributed by atoms with Crippen LogP contribution in [0.25, 0.3) is 10.8 Å². The Morgan fingerprint density at radius 3 is 2.65 bits per heavy atom. The van der Waals surface area contributed by atoms with Crippen molar-refractivity contribution in [3.63, 3.8) is 0 Å². The van der Waals surface area contributed by atoms with Crippen LogP contribution in [0.1, 0.15) is 12.8 Å². The Kier molecular flexibility index (Phi) is 4.68. The monoisotopic (exact) mass is 334 g/mol. The number of nitrogens with two attached hydrogens (primary N) is 1. The van der Waals surface area contributed by atoms with Crippen molar-refractivity contribution in [2.45, 2.75) is 29.9 Å². The Labute approximate surface area is 137 Å². The quantitative estimate of drug-likeness (QED) is 0.928. The molecule has 0 aliphatic carbocycles. The summed E-state index contributed by atoms with van der Waals surface area (Å²) in [5, 5.41) is 1.95. The molecule has 23 heavy (non-hydrogen) atoms. The highest BCUT2D eigenvalue weighted by molar-refractivity contribution is 7.89. The Morgan fingerprint density at radius 1 is 1.22 bits per heavy atom. The van der Waals surface area contributed by atoms with E-state index in [9.17, 15) is 8.42 Å². The first kappa shape index (κ1) is 16.4. The van der Waals surface area contributed by atoms with Gasteiger partial charge in [0.25, 0.3) is 0 Å². The van der Waals surface area contributed by atoms with Gasteiger partial charge in [0.1, 0.15) is 0 Å². The van der Waals surface area contributed by atoms with Crippen LogP contribution in [0.5, 0.6) is 0 Å². The largest absolute Gasteiger partial charge is 0.381 e.